The summed E-state index contributed by atoms with van der Waals surface area (Å²) in [4.78, 5) is 25.3. The van der Waals surface area contributed by atoms with E-state index in [9.17, 15) is 9.36 Å². The molecule has 1 aliphatic rings. The van der Waals surface area contributed by atoms with E-state index in [1.54, 1.807) is 42.9 Å². The van der Waals surface area contributed by atoms with Gasteiger partial charge in [-0.2, -0.15) is 0 Å². The standard InChI is InChI=1S/C24H33N6O7P/c1-14(2)20(24(31)36-15(3)4)29-38(32,37-17-6-7-18-19(8-17)34-12-33-18)13-35-16(5)9-30-11-28-21-22(25)26-10-27-23(21)30/h6-8,10-11,14-16,20H,9,12-13H2,1-5H3,(H,29,32)(H2,25,26,27)/t16-,20-,38?/m1/s1. The van der Waals surface area contributed by atoms with Crippen LogP contribution in [-0.4, -0.2) is 56.9 Å². The van der Waals surface area contributed by atoms with Gasteiger partial charge in [0.2, 0.25) is 6.79 Å². The molecule has 2 aromatic heterocycles. The zero-order valence-corrected chi connectivity index (χ0v) is 22.9. The van der Waals surface area contributed by atoms with Crippen molar-refractivity contribution in [1.82, 2.24) is 24.6 Å². The SMILES string of the molecule is CC(C)OC(=O)[C@H](NP(=O)(CO[C@H](C)Cn1cnc2c(N)ncnc21)Oc1ccc2c(c1)OCO2)C(C)C. The summed E-state index contributed by atoms with van der Waals surface area (Å²) in [5, 5.41) is 2.91. The van der Waals surface area contributed by atoms with Gasteiger partial charge in [0.05, 0.1) is 25.1 Å². The van der Waals surface area contributed by atoms with Gasteiger partial charge in [0, 0.05) is 6.07 Å². The zero-order valence-electron chi connectivity index (χ0n) is 22.0. The van der Waals surface area contributed by atoms with E-state index in [1.807, 2.05) is 20.8 Å². The fourth-order valence-electron chi connectivity index (χ4n) is 3.77. The molecule has 38 heavy (non-hydrogen) atoms. The number of ether oxygens (including phenoxy) is 4. The topological polar surface area (TPSA) is 162 Å². The molecular weight excluding hydrogens is 515 g/mol. The van der Waals surface area contributed by atoms with Gasteiger partial charge >= 0.3 is 13.5 Å². The molecule has 3 N–H and O–H groups in total. The van der Waals surface area contributed by atoms with Crippen LogP contribution in [0.4, 0.5) is 5.82 Å². The lowest BCUT2D eigenvalue weighted by atomic mass is 10.1. The number of anilines is 1. The number of rotatable bonds is 12. The highest BCUT2D eigenvalue weighted by Crippen LogP contribution is 2.47. The van der Waals surface area contributed by atoms with Crippen LogP contribution in [0.3, 0.4) is 0 Å². The normalized spacial score (nSPS) is 16.0. The number of carbonyl (C=O) groups excluding carboxylic acids is 1. The number of hydrogen-bond acceptors (Lipinski definition) is 11. The number of hydrogen-bond donors (Lipinski definition) is 2. The second-order valence-electron chi connectivity index (χ2n) is 9.55. The van der Waals surface area contributed by atoms with Gasteiger partial charge in [0.1, 0.15) is 30.0 Å². The summed E-state index contributed by atoms with van der Waals surface area (Å²) >= 11 is 0. The van der Waals surface area contributed by atoms with Gasteiger partial charge in [-0.3, -0.25) is 9.36 Å². The van der Waals surface area contributed by atoms with E-state index < -0.39 is 25.6 Å². The van der Waals surface area contributed by atoms with Gasteiger partial charge < -0.3 is 33.8 Å². The van der Waals surface area contributed by atoms with Crippen molar-refractivity contribution in [3.8, 4) is 17.2 Å². The maximum Gasteiger partial charge on any atom is 0.342 e. The predicted molar refractivity (Wildman–Crippen MR) is 139 cm³/mol. The molecule has 1 unspecified atom stereocenters. The second kappa shape index (κ2) is 11.5. The molecule has 3 heterocycles. The third-order valence-electron chi connectivity index (χ3n) is 5.62. The molecule has 13 nitrogen and oxygen atoms in total. The van der Waals surface area contributed by atoms with Crippen molar-refractivity contribution in [3.05, 3.63) is 30.9 Å². The number of nitrogens with zero attached hydrogens (tertiary/aromatic N) is 4. The number of esters is 1. The number of carbonyl (C=O) groups is 1. The number of nitrogens with one attached hydrogen (secondary N) is 1. The minimum Gasteiger partial charge on any atom is -0.462 e. The molecule has 206 valence electrons. The molecule has 3 atom stereocenters. The van der Waals surface area contributed by atoms with Crippen molar-refractivity contribution in [2.24, 2.45) is 5.92 Å². The van der Waals surface area contributed by atoms with Crippen molar-refractivity contribution in [2.45, 2.75) is 59.4 Å². The van der Waals surface area contributed by atoms with Crippen LogP contribution in [0.2, 0.25) is 0 Å². The van der Waals surface area contributed by atoms with E-state index in [0.29, 0.717) is 29.2 Å². The van der Waals surface area contributed by atoms with Gasteiger partial charge in [-0.25, -0.2) is 20.0 Å². The summed E-state index contributed by atoms with van der Waals surface area (Å²) < 4.78 is 44.0. The van der Waals surface area contributed by atoms with E-state index in [1.165, 1.54) is 6.33 Å². The summed E-state index contributed by atoms with van der Waals surface area (Å²) in [7, 11) is -3.81. The second-order valence-corrected chi connectivity index (χ2v) is 11.6. The van der Waals surface area contributed by atoms with Crippen LogP contribution in [0.5, 0.6) is 17.2 Å². The van der Waals surface area contributed by atoms with Gasteiger partial charge in [0.25, 0.3) is 0 Å². The number of aromatic nitrogens is 4. The van der Waals surface area contributed by atoms with Crippen LogP contribution in [0, 0.1) is 5.92 Å². The highest BCUT2D eigenvalue weighted by atomic mass is 31.2. The lowest BCUT2D eigenvalue weighted by Crippen LogP contribution is -2.42. The highest BCUT2D eigenvalue weighted by molar-refractivity contribution is 7.57. The lowest BCUT2D eigenvalue weighted by molar-refractivity contribution is -0.150. The summed E-state index contributed by atoms with van der Waals surface area (Å²) in [5.74, 6) is 0.809. The van der Waals surface area contributed by atoms with E-state index in [2.05, 4.69) is 20.0 Å². The Morgan fingerprint density at radius 2 is 1.92 bits per heavy atom. The monoisotopic (exact) mass is 548 g/mol. The summed E-state index contributed by atoms with van der Waals surface area (Å²) in [6, 6.07) is 3.96. The number of nitrogens with two attached hydrogens (primary N) is 1. The molecule has 0 fully saturated rings. The van der Waals surface area contributed by atoms with Crippen molar-refractivity contribution in [1.29, 1.82) is 0 Å². The largest absolute Gasteiger partial charge is 0.462 e. The Kier molecular flexibility index (Phi) is 8.39. The average Bonchev–Trinajstić information content (AvgIpc) is 3.48. The molecule has 1 aliphatic heterocycles. The Morgan fingerprint density at radius 3 is 2.66 bits per heavy atom. The quantitative estimate of drug-likeness (QED) is 0.251. The first-order chi connectivity index (χ1) is 18.0. The summed E-state index contributed by atoms with van der Waals surface area (Å²) in [5.41, 5.74) is 6.92. The Balaban J connectivity index is 1.52. The molecule has 1 aromatic carbocycles. The molecule has 0 aliphatic carbocycles. The predicted octanol–water partition coefficient (Wildman–Crippen LogP) is 3.34. The van der Waals surface area contributed by atoms with E-state index in [0.717, 1.165) is 0 Å². The van der Waals surface area contributed by atoms with Crippen LogP contribution < -0.4 is 24.8 Å². The third-order valence-corrected chi connectivity index (χ3v) is 7.28. The molecule has 14 heteroatoms. The number of imidazole rings is 1. The number of benzene rings is 1. The van der Waals surface area contributed by atoms with Crippen LogP contribution in [0.25, 0.3) is 11.2 Å². The van der Waals surface area contributed by atoms with Gasteiger partial charge in [-0.15, -0.1) is 0 Å². The maximum atomic E-state index is 14.2. The molecule has 0 amide bonds. The van der Waals surface area contributed by atoms with Crippen molar-refractivity contribution in [2.75, 3.05) is 18.9 Å². The fraction of sp³-hybridized carbons (Fsp3) is 0.500. The lowest BCUT2D eigenvalue weighted by Gasteiger charge is -2.28. The summed E-state index contributed by atoms with van der Waals surface area (Å²) in [6.45, 7) is 9.40. The first-order valence-corrected chi connectivity index (χ1v) is 14.0. The first kappa shape index (κ1) is 27.6. The molecule has 0 radical (unpaired) electrons. The molecule has 0 saturated heterocycles. The Hall–Kier alpha value is -3.41. The van der Waals surface area contributed by atoms with E-state index in [4.69, 9.17) is 29.2 Å². The highest BCUT2D eigenvalue weighted by Gasteiger charge is 2.36. The summed E-state index contributed by atoms with van der Waals surface area (Å²) in [6.07, 6.45) is 1.86. The zero-order chi connectivity index (χ0) is 27.4. The average molecular weight is 549 g/mol. The van der Waals surface area contributed by atoms with Gasteiger partial charge in [-0.1, -0.05) is 13.8 Å². The van der Waals surface area contributed by atoms with Crippen LogP contribution >= 0.6 is 7.52 Å². The number of nitrogen functional groups attached to an aromatic ring is 1. The van der Waals surface area contributed by atoms with Gasteiger partial charge in [0.15, 0.2) is 23.0 Å². The van der Waals surface area contributed by atoms with Crippen molar-refractivity contribution < 1.29 is 32.8 Å². The fourth-order valence-corrected chi connectivity index (χ4v) is 5.68. The molecule has 4 rings (SSSR count). The number of fused-ring (bicyclic) bond motifs is 2. The minimum absolute atomic E-state index is 0.0886. The minimum atomic E-state index is -3.81. The van der Waals surface area contributed by atoms with Crippen LogP contribution in [0.15, 0.2) is 30.9 Å². The molecule has 3 aromatic rings. The van der Waals surface area contributed by atoms with Crippen LogP contribution in [0.1, 0.15) is 34.6 Å². The maximum absolute atomic E-state index is 14.2. The van der Waals surface area contributed by atoms with Crippen molar-refractivity contribution in [3.63, 3.8) is 0 Å². The van der Waals surface area contributed by atoms with Gasteiger partial charge in [-0.05, 0) is 38.8 Å². The van der Waals surface area contributed by atoms with Crippen LogP contribution in [-0.2, 0) is 25.4 Å². The molecule has 0 spiro atoms. The molecular formula is C24H33N6O7P. The first-order valence-electron chi connectivity index (χ1n) is 12.2. The Morgan fingerprint density at radius 1 is 1.16 bits per heavy atom. The molecule has 0 saturated carbocycles. The third kappa shape index (κ3) is 6.53. The van der Waals surface area contributed by atoms with E-state index >= 15 is 0 Å². The van der Waals surface area contributed by atoms with Crippen molar-refractivity contribution >= 4 is 30.5 Å². The smallest absolute Gasteiger partial charge is 0.342 e. The Bertz CT molecular complexity index is 1330. The van der Waals surface area contributed by atoms with E-state index in [-0.39, 0.29) is 36.7 Å². The Labute approximate surface area is 220 Å². The molecule has 0 bridgehead atoms.